The fraction of sp³-hybridized carbons (Fsp3) is 0.172. The number of hydrogen-bond donors (Lipinski definition) is 0. The van der Waals surface area contributed by atoms with E-state index in [1.807, 2.05) is 30.4 Å². The first-order valence-electron chi connectivity index (χ1n) is 11.0. The summed E-state index contributed by atoms with van der Waals surface area (Å²) in [4.78, 5) is 15.5. The molecule has 3 aromatic carbocycles. The predicted octanol–water partition coefficient (Wildman–Crippen LogP) is 6.87. The number of Topliss-reactive ketones (excluding diaryl/α,β-unsaturated/α-hetero) is 1. The highest BCUT2D eigenvalue weighted by Gasteiger charge is 2.27. The molecule has 1 saturated heterocycles. The summed E-state index contributed by atoms with van der Waals surface area (Å²) >= 11 is 7.45. The minimum atomic E-state index is 0.100. The van der Waals surface area contributed by atoms with Crippen molar-refractivity contribution in [3.63, 3.8) is 0 Å². The lowest BCUT2D eigenvalue weighted by Crippen LogP contribution is -2.39. The van der Waals surface area contributed by atoms with Crippen molar-refractivity contribution in [1.29, 1.82) is 0 Å². The van der Waals surface area contributed by atoms with Gasteiger partial charge in [0.05, 0.1) is 0 Å². The van der Waals surface area contributed by atoms with Crippen LogP contribution in [0.2, 0.25) is 0 Å². The smallest absolute Gasteiger partial charge is 0.188 e. The van der Waals surface area contributed by atoms with E-state index in [-0.39, 0.29) is 5.78 Å². The molecule has 33 heavy (non-hydrogen) atoms. The Morgan fingerprint density at radius 3 is 1.79 bits per heavy atom. The van der Waals surface area contributed by atoms with E-state index in [4.69, 9.17) is 12.2 Å². The number of rotatable bonds is 4. The van der Waals surface area contributed by atoms with Crippen molar-refractivity contribution in [2.45, 2.75) is 19.6 Å². The molecule has 1 aliphatic rings. The Labute approximate surface area is 206 Å². The first kappa shape index (κ1) is 23.2. The molecule has 3 aromatic rings. The van der Waals surface area contributed by atoms with Crippen LogP contribution in [0.3, 0.4) is 0 Å². The summed E-state index contributed by atoms with van der Waals surface area (Å²) in [6, 6.07) is 26.8. The van der Waals surface area contributed by atoms with E-state index < -0.39 is 0 Å². The quantitative estimate of drug-likeness (QED) is 0.307. The molecule has 0 N–H and O–H groups in total. The molecule has 0 radical (unpaired) electrons. The van der Waals surface area contributed by atoms with E-state index in [1.54, 1.807) is 11.8 Å². The summed E-state index contributed by atoms with van der Waals surface area (Å²) in [5.41, 5.74) is 7.24. The number of hydrogen-bond acceptors (Lipinski definition) is 3. The van der Waals surface area contributed by atoms with Crippen LogP contribution in [0.15, 0.2) is 90.0 Å². The van der Waals surface area contributed by atoms with Gasteiger partial charge in [0.1, 0.15) is 4.32 Å². The monoisotopic (exact) mass is 469 g/mol. The summed E-state index contributed by atoms with van der Waals surface area (Å²) < 4.78 is 0.816. The molecule has 1 heterocycles. The second-order valence-electron chi connectivity index (χ2n) is 8.39. The zero-order valence-electron chi connectivity index (χ0n) is 19.0. The minimum absolute atomic E-state index is 0.100. The van der Waals surface area contributed by atoms with Gasteiger partial charge in [-0.2, -0.15) is 0 Å². The SMILES string of the molecule is Cc1ccc(/C=C2\CN(C(=S)SCc3ccccc3)C/C(=C\c3ccc(C)cc3)C2=O)cc1. The van der Waals surface area contributed by atoms with Gasteiger partial charge in [-0.1, -0.05) is 114 Å². The summed E-state index contributed by atoms with van der Waals surface area (Å²) in [6.45, 7) is 5.18. The molecular formula is C29H27NOS2. The number of carbonyl (C=O) groups is 1. The summed E-state index contributed by atoms with van der Waals surface area (Å²) in [6.07, 6.45) is 4.00. The molecule has 0 spiro atoms. The predicted molar refractivity (Wildman–Crippen MR) is 145 cm³/mol. The van der Waals surface area contributed by atoms with Crippen molar-refractivity contribution in [3.8, 4) is 0 Å². The lowest BCUT2D eigenvalue weighted by Gasteiger charge is -2.31. The Hall–Kier alpha value is -2.95. The third-order valence-corrected chi connectivity index (χ3v) is 7.20. The fourth-order valence-corrected chi connectivity index (χ4v) is 4.81. The Balaban J connectivity index is 1.60. The van der Waals surface area contributed by atoms with Crippen LogP contribution in [-0.2, 0) is 10.5 Å². The highest BCUT2D eigenvalue weighted by Crippen LogP contribution is 2.26. The largest absolute Gasteiger partial charge is 0.349 e. The maximum absolute atomic E-state index is 13.4. The van der Waals surface area contributed by atoms with Gasteiger partial charge >= 0.3 is 0 Å². The van der Waals surface area contributed by atoms with Gasteiger partial charge in [-0.25, -0.2) is 0 Å². The zero-order valence-corrected chi connectivity index (χ0v) is 20.6. The Morgan fingerprint density at radius 2 is 1.30 bits per heavy atom. The average Bonchev–Trinajstić information content (AvgIpc) is 2.83. The molecule has 1 fully saturated rings. The number of benzene rings is 3. The number of aryl methyl sites for hydroxylation is 2. The maximum atomic E-state index is 13.4. The standard InChI is InChI=1S/C29H27NOS2/c1-21-8-12-23(13-9-21)16-26-18-30(29(32)33-20-25-6-4-3-5-7-25)19-27(28(26)31)17-24-14-10-22(2)11-15-24/h3-17H,18-20H2,1-2H3/b26-16+,27-17+. The summed E-state index contributed by atoms with van der Waals surface area (Å²) in [5, 5.41) is 0. The van der Waals surface area contributed by atoms with Gasteiger partial charge in [0.25, 0.3) is 0 Å². The molecule has 4 heteroatoms. The molecule has 0 aliphatic carbocycles. The molecular weight excluding hydrogens is 442 g/mol. The molecule has 1 aliphatic heterocycles. The lowest BCUT2D eigenvalue weighted by molar-refractivity contribution is -0.113. The van der Waals surface area contributed by atoms with Crippen molar-refractivity contribution >= 4 is 46.2 Å². The number of nitrogens with zero attached hydrogens (tertiary/aromatic N) is 1. The molecule has 166 valence electrons. The van der Waals surface area contributed by atoms with Crippen LogP contribution in [0.1, 0.15) is 27.8 Å². The van der Waals surface area contributed by atoms with Gasteiger partial charge in [-0.3, -0.25) is 4.79 Å². The molecule has 0 bridgehead atoms. The number of carbonyl (C=O) groups excluding carboxylic acids is 1. The minimum Gasteiger partial charge on any atom is -0.349 e. The van der Waals surface area contributed by atoms with E-state index in [2.05, 4.69) is 79.4 Å². The Kier molecular flexibility index (Phi) is 7.58. The Morgan fingerprint density at radius 1 is 0.818 bits per heavy atom. The summed E-state index contributed by atoms with van der Waals surface area (Å²) in [5.74, 6) is 0.918. The van der Waals surface area contributed by atoms with Crippen LogP contribution < -0.4 is 0 Å². The van der Waals surface area contributed by atoms with E-state index in [0.29, 0.717) is 13.1 Å². The van der Waals surface area contributed by atoms with Crippen molar-refractivity contribution in [3.05, 3.63) is 118 Å². The first-order valence-corrected chi connectivity index (χ1v) is 12.4. The van der Waals surface area contributed by atoms with Crippen LogP contribution in [0, 0.1) is 13.8 Å². The molecule has 0 unspecified atom stereocenters. The normalized spacial score (nSPS) is 16.4. The second kappa shape index (κ2) is 10.8. The first-order chi connectivity index (χ1) is 16.0. The number of likely N-dealkylation sites (tertiary alicyclic amines) is 1. The van der Waals surface area contributed by atoms with Gasteiger partial charge in [-0.15, -0.1) is 0 Å². The molecule has 0 saturated carbocycles. The topological polar surface area (TPSA) is 20.3 Å². The molecule has 0 amide bonds. The molecule has 0 atom stereocenters. The van der Waals surface area contributed by atoms with Crippen molar-refractivity contribution < 1.29 is 4.79 Å². The third kappa shape index (κ3) is 6.31. The van der Waals surface area contributed by atoms with E-state index >= 15 is 0 Å². The van der Waals surface area contributed by atoms with Gasteiger partial charge in [0.15, 0.2) is 5.78 Å². The lowest BCUT2D eigenvalue weighted by atomic mass is 9.94. The fourth-order valence-electron chi connectivity index (χ4n) is 3.71. The number of piperidine rings is 1. The molecule has 2 nitrogen and oxygen atoms in total. The van der Waals surface area contributed by atoms with Crippen LogP contribution in [0.5, 0.6) is 0 Å². The highest BCUT2D eigenvalue weighted by atomic mass is 32.2. The number of thioether (sulfide) groups is 1. The molecule has 4 rings (SSSR count). The van der Waals surface area contributed by atoms with Crippen molar-refractivity contribution in [2.75, 3.05) is 13.1 Å². The van der Waals surface area contributed by atoms with Crippen LogP contribution in [-0.4, -0.2) is 28.1 Å². The van der Waals surface area contributed by atoms with E-state index in [9.17, 15) is 4.79 Å². The Bertz CT molecular complexity index is 1130. The van der Waals surface area contributed by atoms with Gasteiger partial charge in [-0.05, 0) is 42.7 Å². The zero-order chi connectivity index (χ0) is 23.2. The molecule has 0 aromatic heterocycles. The summed E-state index contributed by atoms with van der Waals surface area (Å²) in [7, 11) is 0. The second-order valence-corrected chi connectivity index (χ2v) is 10.00. The number of thiocarbonyl (C=S) groups is 1. The van der Waals surface area contributed by atoms with Gasteiger partial charge in [0, 0.05) is 30.0 Å². The average molecular weight is 470 g/mol. The van der Waals surface area contributed by atoms with Crippen LogP contribution in [0.25, 0.3) is 12.2 Å². The maximum Gasteiger partial charge on any atom is 0.188 e. The van der Waals surface area contributed by atoms with Crippen molar-refractivity contribution in [1.82, 2.24) is 4.90 Å². The van der Waals surface area contributed by atoms with Crippen molar-refractivity contribution in [2.24, 2.45) is 0 Å². The number of ketones is 1. The highest BCUT2D eigenvalue weighted by molar-refractivity contribution is 8.22. The van der Waals surface area contributed by atoms with Gasteiger partial charge < -0.3 is 4.90 Å². The van der Waals surface area contributed by atoms with Crippen LogP contribution in [0.4, 0.5) is 0 Å². The van der Waals surface area contributed by atoms with Crippen LogP contribution >= 0.6 is 24.0 Å². The van der Waals surface area contributed by atoms with E-state index in [1.165, 1.54) is 16.7 Å². The third-order valence-electron chi connectivity index (χ3n) is 5.61. The van der Waals surface area contributed by atoms with E-state index in [0.717, 1.165) is 32.3 Å². The van der Waals surface area contributed by atoms with Gasteiger partial charge in [0.2, 0.25) is 0 Å².